The van der Waals surface area contributed by atoms with Crippen LogP contribution in [-0.2, 0) is 4.74 Å². The van der Waals surface area contributed by atoms with E-state index in [9.17, 15) is 4.79 Å². The summed E-state index contributed by atoms with van der Waals surface area (Å²) in [5.41, 5.74) is 2.44. The van der Waals surface area contributed by atoms with E-state index in [0.29, 0.717) is 32.7 Å². The van der Waals surface area contributed by atoms with Gasteiger partial charge in [0, 0.05) is 29.9 Å². The van der Waals surface area contributed by atoms with Gasteiger partial charge in [-0.2, -0.15) is 0 Å². The van der Waals surface area contributed by atoms with Crippen LogP contribution in [0.5, 0.6) is 0 Å². The first-order chi connectivity index (χ1) is 14.1. The van der Waals surface area contributed by atoms with Gasteiger partial charge in [-0.25, -0.2) is 0 Å². The first-order valence-electron chi connectivity index (χ1n) is 9.31. The van der Waals surface area contributed by atoms with Gasteiger partial charge in [-0.3, -0.25) is 4.79 Å². The average molecular weight is 428 g/mol. The first-order valence-corrected chi connectivity index (χ1v) is 10.1. The highest BCUT2D eigenvalue weighted by molar-refractivity contribution is 6.43. The Bertz CT molecular complexity index is 1030. The lowest BCUT2D eigenvalue weighted by Gasteiger charge is -2.28. The summed E-state index contributed by atoms with van der Waals surface area (Å²) in [5, 5.41) is 0.906. The number of halogens is 2. The Hall–Kier alpha value is -2.53. The summed E-state index contributed by atoms with van der Waals surface area (Å²) in [6.45, 7) is 3.19. The third-order valence-electron chi connectivity index (χ3n) is 4.77. The summed E-state index contributed by atoms with van der Waals surface area (Å²) in [7, 11) is 0. The average Bonchev–Trinajstić information content (AvgIpc) is 3.23. The fraction of sp³-hybridized carbons (Fsp3) is 0.174. The van der Waals surface area contributed by atoms with E-state index in [1.807, 2.05) is 36.4 Å². The van der Waals surface area contributed by atoms with Crippen LogP contribution in [0.4, 0.5) is 5.69 Å². The molecule has 3 aromatic rings. The molecular weight excluding hydrogens is 409 g/mol. The summed E-state index contributed by atoms with van der Waals surface area (Å²) in [6.07, 6.45) is 3.16. The Morgan fingerprint density at radius 2 is 1.72 bits per heavy atom. The molecule has 2 heterocycles. The monoisotopic (exact) mass is 427 g/mol. The minimum atomic E-state index is -0.0859. The number of anilines is 1. The molecule has 1 saturated heterocycles. The van der Waals surface area contributed by atoms with Gasteiger partial charge in [0.15, 0.2) is 5.78 Å². The molecule has 1 aliphatic rings. The summed E-state index contributed by atoms with van der Waals surface area (Å²) in [6, 6.07) is 16.6. The standard InChI is InChI=1S/C23H19Cl2NO3/c24-20-3-1-2-19(23(20)25)22-11-9-18(29-22)8-10-21(27)16-4-6-17(7-5-16)26-12-14-28-15-13-26/h1-11H,12-15H2/b10-8-. The Morgan fingerprint density at radius 1 is 0.966 bits per heavy atom. The molecule has 4 rings (SSSR count). The summed E-state index contributed by atoms with van der Waals surface area (Å²) >= 11 is 12.3. The maximum absolute atomic E-state index is 12.5. The van der Waals surface area contributed by atoms with E-state index in [4.69, 9.17) is 32.4 Å². The van der Waals surface area contributed by atoms with Crippen molar-refractivity contribution in [3.05, 3.63) is 82.0 Å². The minimum Gasteiger partial charge on any atom is -0.457 e. The van der Waals surface area contributed by atoms with Crippen molar-refractivity contribution in [2.24, 2.45) is 0 Å². The van der Waals surface area contributed by atoms with E-state index in [-0.39, 0.29) is 5.78 Å². The fourth-order valence-electron chi connectivity index (χ4n) is 3.19. The zero-order valence-electron chi connectivity index (χ0n) is 15.6. The molecule has 0 atom stereocenters. The Labute approximate surface area is 179 Å². The van der Waals surface area contributed by atoms with Crippen LogP contribution < -0.4 is 4.90 Å². The molecule has 0 unspecified atom stereocenters. The number of benzene rings is 2. The lowest BCUT2D eigenvalue weighted by Crippen LogP contribution is -2.36. The lowest BCUT2D eigenvalue weighted by molar-refractivity contribution is 0.104. The second-order valence-corrected chi connectivity index (χ2v) is 7.43. The summed E-state index contributed by atoms with van der Waals surface area (Å²) in [5.74, 6) is 1.08. The van der Waals surface area contributed by atoms with E-state index in [0.717, 1.165) is 32.0 Å². The van der Waals surface area contributed by atoms with Crippen LogP contribution in [0.1, 0.15) is 16.1 Å². The number of carbonyl (C=O) groups is 1. The molecule has 0 N–H and O–H groups in total. The van der Waals surface area contributed by atoms with Gasteiger partial charge in [0.2, 0.25) is 0 Å². The van der Waals surface area contributed by atoms with E-state index in [1.54, 1.807) is 24.3 Å². The second kappa shape index (κ2) is 8.87. The molecule has 0 radical (unpaired) electrons. The van der Waals surface area contributed by atoms with E-state index in [1.165, 1.54) is 6.08 Å². The predicted molar refractivity (Wildman–Crippen MR) is 117 cm³/mol. The summed E-state index contributed by atoms with van der Waals surface area (Å²) in [4.78, 5) is 14.7. The van der Waals surface area contributed by atoms with Crippen LogP contribution in [0.15, 0.2) is 65.1 Å². The normalized spacial score (nSPS) is 14.5. The molecule has 148 valence electrons. The van der Waals surface area contributed by atoms with E-state index in [2.05, 4.69) is 4.90 Å². The number of ether oxygens (including phenoxy) is 1. The number of allylic oxidation sites excluding steroid dienone is 1. The van der Waals surface area contributed by atoms with Crippen molar-refractivity contribution in [3.8, 4) is 11.3 Å². The molecule has 6 heteroatoms. The van der Waals surface area contributed by atoms with Crippen LogP contribution in [0.2, 0.25) is 10.0 Å². The van der Waals surface area contributed by atoms with Gasteiger partial charge >= 0.3 is 0 Å². The molecule has 2 aromatic carbocycles. The molecular formula is C23H19Cl2NO3. The number of hydrogen-bond donors (Lipinski definition) is 0. The molecule has 0 bridgehead atoms. The molecule has 0 spiro atoms. The maximum Gasteiger partial charge on any atom is 0.185 e. The van der Waals surface area contributed by atoms with Crippen molar-refractivity contribution in [1.82, 2.24) is 0 Å². The quantitative estimate of drug-likeness (QED) is 0.370. The van der Waals surface area contributed by atoms with Crippen molar-refractivity contribution in [2.75, 3.05) is 31.2 Å². The van der Waals surface area contributed by atoms with Crippen molar-refractivity contribution < 1.29 is 13.9 Å². The third-order valence-corrected chi connectivity index (χ3v) is 5.59. The largest absolute Gasteiger partial charge is 0.457 e. The lowest BCUT2D eigenvalue weighted by atomic mass is 10.1. The maximum atomic E-state index is 12.5. The number of carbonyl (C=O) groups excluding carboxylic acids is 1. The predicted octanol–water partition coefficient (Wildman–Crippen LogP) is 5.99. The van der Waals surface area contributed by atoms with Crippen LogP contribution >= 0.6 is 23.2 Å². The number of rotatable bonds is 5. The van der Waals surface area contributed by atoms with Gasteiger partial charge < -0.3 is 14.1 Å². The highest BCUT2D eigenvalue weighted by atomic mass is 35.5. The number of morpholine rings is 1. The second-order valence-electron chi connectivity index (χ2n) is 6.65. The van der Waals surface area contributed by atoms with Crippen LogP contribution in [-0.4, -0.2) is 32.1 Å². The number of furan rings is 1. The van der Waals surface area contributed by atoms with Crippen LogP contribution in [0.3, 0.4) is 0 Å². The molecule has 0 amide bonds. The Morgan fingerprint density at radius 3 is 2.48 bits per heavy atom. The highest BCUT2D eigenvalue weighted by Crippen LogP contribution is 2.34. The SMILES string of the molecule is O=C(/C=C\c1ccc(-c2cccc(Cl)c2Cl)o1)c1ccc(N2CCOCC2)cc1. The van der Waals surface area contributed by atoms with Gasteiger partial charge in [-0.1, -0.05) is 29.3 Å². The topological polar surface area (TPSA) is 42.7 Å². The third kappa shape index (κ3) is 4.56. The van der Waals surface area contributed by atoms with Crippen molar-refractivity contribution in [2.45, 2.75) is 0 Å². The number of nitrogens with zero attached hydrogens (tertiary/aromatic N) is 1. The molecule has 0 saturated carbocycles. The number of ketones is 1. The zero-order valence-corrected chi connectivity index (χ0v) is 17.1. The first kappa shape index (κ1) is 19.8. The highest BCUT2D eigenvalue weighted by Gasteiger charge is 2.12. The molecule has 1 fully saturated rings. The van der Waals surface area contributed by atoms with Crippen molar-refractivity contribution >= 4 is 40.7 Å². The van der Waals surface area contributed by atoms with Gasteiger partial charge in [-0.15, -0.1) is 0 Å². The van der Waals surface area contributed by atoms with E-state index >= 15 is 0 Å². The van der Waals surface area contributed by atoms with Gasteiger partial charge in [0.1, 0.15) is 11.5 Å². The minimum absolute atomic E-state index is 0.0859. The van der Waals surface area contributed by atoms with Crippen molar-refractivity contribution in [3.63, 3.8) is 0 Å². The smallest absolute Gasteiger partial charge is 0.185 e. The van der Waals surface area contributed by atoms with Crippen LogP contribution in [0, 0.1) is 0 Å². The van der Waals surface area contributed by atoms with E-state index < -0.39 is 0 Å². The zero-order chi connectivity index (χ0) is 20.2. The summed E-state index contributed by atoms with van der Waals surface area (Å²) < 4.78 is 11.2. The van der Waals surface area contributed by atoms with Crippen molar-refractivity contribution in [1.29, 1.82) is 0 Å². The van der Waals surface area contributed by atoms with Gasteiger partial charge in [0.05, 0.1) is 23.3 Å². The molecule has 0 aliphatic carbocycles. The van der Waals surface area contributed by atoms with Crippen LogP contribution in [0.25, 0.3) is 17.4 Å². The Kier molecular flexibility index (Phi) is 6.05. The van der Waals surface area contributed by atoms with Gasteiger partial charge in [0.25, 0.3) is 0 Å². The molecule has 1 aliphatic heterocycles. The molecule has 4 nitrogen and oxygen atoms in total. The fourth-order valence-corrected chi connectivity index (χ4v) is 3.59. The van der Waals surface area contributed by atoms with Gasteiger partial charge in [-0.05, 0) is 60.7 Å². The molecule has 1 aromatic heterocycles. The number of hydrogen-bond acceptors (Lipinski definition) is 4. The molecule has 29 heavy (non-hydrogen) atoms. The Balaban J connectivity index is 1.44.